The van der Waals surface area contributed by atoms with Gasteiger partial charge in [0.2, 0.25) is 5.75 Å². The van der Waals surface area contributed by atoms with Gasteiger partial charge < -0.3 is 19.5 Å². The number of ether oxygens (including phenoxy) is 3. The summed E-state index contributed by atoms with van der Waals surface area (Å²) < 4.78 is 16.4. The molecule has 1 saturated heterocycles. The van der Waals surface area contributed by atoms with E-state index in [0.717, 1.165) is 32.6 Å². The van der Waals surface area contributed by atoms with Crippen LogP contribution in [0.2, 0.25) is 0 Å². The molecule has 1 atom stereocenters. The molecule has 1 fully saturated rings. The van der Waals surface area contributed by atoms with Crippen molar-refractivity contribution in [1.29, 1.82) is 0 Å². The Morgan fingerprint density at radius 1 is 1.08 bits per heavy atom. The monoisotopic (exact) mass is 392 g/mol. The zero-order chi connectivity index (χ0) is 16.8. The Morgan fingerprint density at radius 2 is 1.60 bits per heavy atom. The second-order valence-corrected chi connectivity index (χ2v) is 5.92. The highest BCUT2D eigenvalue weighted by Gasteiger charge is 2.25. The van der Waals surface area contributed by atoms with Crippen molar-refractivity contribution in [3.05, 3.63) is 29.8 Å². The summed E-state index contributed by atoms with van der Waals surface area (Å²) in [7, 11) is 4.93. The van der Waals surface area contributed by atoms with Crippen molar-refractivity contribution in [2.24, 2.45) is 0 Å². The second-order valence-electron chi connectivity index (χ2n) is 5.92. The first-order chi connectivity index (χ1) is 11.1. The van der Waals surface area contributed by atoms with Crippen LogP contribution in [0.15, 0.2) is 24.3 Å². The molecule has 1 heterocycles. The molecule has 0 unspecified atom stereocenters. The van der Waals surface area contributed by atoms with Crippen molar-refractivity contribution in [3.8, 4) is 17.2 Å². The fourth-order valence-corrected chi connectivity index (χ4v) is 3.08. The number of hydrogen-bond acceptors (Lipinski definition) is 5. The Hall–Kier alpha value is -1.14. The molecule has 0 aliphatic carbocycles. The van der Waals surface area contributed by atoms with Crippen LogP contribution < -0.4 is 19.5 Å². The van der Waals surface area contributed by atoms with Crippen molar-refractivity contribution < 1.29 is 14.2 Å². The highest BCUT2D eigenvalue weighted by atomic mass is 35.5. The van der Waals surface area contributed by atoms with Crippen LogP contribution in [0.25, 0.3) is 0 Å². The topological polar surface area (TPSA) is 43.0 Å². The van der Waals surface area contributed by atoms with Crippen molar-refractivity contribution in [1.82, 2.24) is 10.2 Å². The van der Waals surface area contributed by atoms with E-state index in [0.29, 0.717) is 17.2 Å². The first kappa shape index (κ1) is 23.9. The zero-order valence-corrected chi connectivity index (χ0v) is 17.1. The fraction of sp³-hybridized carbons (Fsp3) is 0.556. The summed E-state index contributed by atoms with van der Waals surface area (Å²) in [5.41, 5.74) is 2.34. The number of benzene rings is 1. The number of hydrogen-bond donors (Lipinski definition) is 1. The molecule has 0 bridgehead atoms. The van der Waals surface area contributed by atoms with Crippen LogP contribution in [0.1, 0.15) is 24.9 Å². The van der Waals surface area contributed by atoms with Crippen molar-refractivity contribution in [3.63, 3.8) is 0 Å². The Bertz CT molecular complexity index is 524. The Labute approximate surface area is 163 Å². The average molecular weight is 393 g/mol. The third-order valence-electron chi connectivity index (χ3n) is 4.21. The Kier molecular flexibility index (Phi) is 10.9. The van der Waals surface area contributed by atoms with E-state index in [2.05, 4.69) is 35.9 Å². The minimum absolute atomic E-state index is 0. The van der Waals surface area contributed by atoms with Gasteiger partial charge in [0.15, 0.2) is 11.5 Å². The molecule has 0 saturated carbocycles. The van der Waals surface area contributed by atoms with Gasteiger partial charge in [-0.2, -0.15) is 0 Å². The van der Waals surface area contributed by atoms with Crippen molar-refractivity contribution in [2.75, 3.05) is 47.5 Å². The molecule has 1 aliphatic rings. The first-order valence-electron chi connectivity index (χ1n) is 7.99. The van der Waals surface area contributed by atoms with Crippen LogP contribution in [-0.2, 0) is 0 Å². The minimum Gasteiger partial charge on any atom is -0.493 e. The van der Waals surface area contributed by atoms with E-state index < -0.39 is 0 Å². The van der Waals surface area contributed by atoms with Gasteiger partial charge in [-0.25, -0.2) is 0 Å². The van der Waals surface area contributed by atoms with Crippen LogP contribution in [0.3, 0.4) is 0 Å². The molecular formula is C18H30Cl2N2O3. The van der Waals surface area contributed by atoms with Gasteiger partial charge in [0.25, 0.3) is 0 Å². The molecule has 25 heavy (non-hydrogen) atoms. The van der Waals surface area contributed by atoms with E-state index in [1.54, 1.807) is 21.3 Å². The van der Waals surface area contributed by atoms with E-state index >= 15 is 0 Å². The standard InChI is InChI=1S/C18H28N2O3.2ClH/c1-13(2)10-15(20-8-6-19-7-9-20)14-11-16(21-3)18(23-5)17(12-14)22-4;;/h11-12,15,19H,1,6-10H2,2-5H3;2*1H/t15-;;/m1../s1. The lowest BCUT2D eigenvalue weighted by Gasteiger charge is -2.35. The summed E-state index contributed by atoms with van der Waals surface area (Å²) in [5.74, 6) is 2.03. The highest BCUT2D eigenvalue weighted by molar-refractivity contribution is 5.85. The van der Waals surface area contributed by atoms with Crippen molar-refractivity contribution in [2.45, 2.75) is 19.4 Å². The largest absolute Gasteiger partial charge is 0.493 e. The SMILES string of the molecule is C=C(C)C[C@H](c1cc(OC)c(OC)c(OC)c1)N1CCNCC1.Cl.Cl. The van der Waals surface area contributed by atoms with E-state index in [1.165, 1.54) is 11.1 Å². The van der Waals surface area contributed by atoms with E-state index in [9.17, 15) is 0 Å². The number of nitrogens with one attached hydrogen (secondary N) is 1. The summed E-state index contributed by atoms with van der Waals surface area (Å²) in [6, 6.07) is 4.37. The number of halogens is 2. The maximum atomic E-state index is 5.50. The molecule has 5 nitrogen and oxygen atoms in total. The van der Waals surface area contributed by atoms with E-state index in [4.69, 9.17) is 14.2 Å². The lowest BCUT2D eigenvalue weighted by molar-refractivity contribution is 0.171. The van der Waals surface area contributed by atoms with E-state index in [1.807, 2.05) is 0 Å². The number of methoxy groups -OCH3 is 3. The molecule has 0 amide bonds. The quantitative estimate of drug-likeness (QED) is 0.719. The van der Waals surface area contributed by atoms with Gasteiger partial charge >= 0.3 is 0 Å². The highest BCUT2D eigenvalue weighted by Crippen LogP contribution is 2.41. The summed E-state index contributed by atoms with van der Waals surface area (Å²) in [6.45, 7) is 10.2. The average Bonchev–Trinajstić information content (AvgIpc) is 2.58. The second kappa shape index (κ2) is 11.5. The molecule has 1 N–H and O–H groups in total. The zero-order valence-electron chi connectivity index (χ0n) is 15.5. The lowest BCUT2D eigenvalue weighted by Crippen LogP contribution is -2.45. The normalized spacial score (nSPS) is 15.4. The molecule has 0 spiro atoms. The summed E-state index contributed by atoms with van der Waals surface area (Å²) >= 11 is 0. The van der Waals surface area contributed by atoms with Gasteiger partial charge in [-0.05, 0) is 31.0 Å². The third-order valence-corrected chi connectivity index (χ3v) is 4.21. The molecule has 0 aromatic heterocycles. The van der Waals surface area contributed by atoms with Crippen LogP contribution in [0, 0.1) is 0 Å². The smallest absolute Gasteiger partial charge is 0.203 e. The summed E-state index contributed by atoms with van der Waals surface area (Å²) in [5, 5.41) is 3.40. The van der Waals surface area contributed by atoms with Crippen LogP contribution in [0.5, 0.6) is 17.2 Å². The molecule has 1 aliphatic heterocycles. The maximum Gasteiger partial charge on any atom is 0.203 e. The van der Waals surface area contributed by atoms with Gasteiger partial charge in [-0.1, -0.05) is 5.57 Å². The maximum absolute atomic E-state index is 5.50. The third kappa shape index (κ3) is 5.96. The van der Waals surface area contributed by atoms with E-state index in [-0.39, 0.29) is 30.9 Å². The number of piperazine rings is 1. The first-order valence-corrected chi connectivity index (χ1v) is 7.99. The van der Waals surface area contributed by atoms with Gasteiger partial charge in [-0.15, -0.1) is 31.4 Å². The molecule has 2 rings (SSSR count). The number of nitrogens with zero attached hydrogens (tertiary/aromatic N) is 1. The van der Waals surface area contributed by atoms with Crippen LogP contribution in [0.4, 0.5) is 0 Å². The van der Waals surface area contributed by atoms with Crippen molar-refractivity contribution >= 4 is 24.8 Å². The molecule has 144 valence electrons. The predicted octanol–water partition coefficient (Wildman–Crippen LogP) is 3.47. The summed E-state index contributed by atoms with van der Waals surface area (Å²) in [6.07, 6.45) is 0.915. The minimum atomic E-state index is 0. The molecule has 7 heteroatoms. The molecular weight excluding hydrogens is 363 g/mol. The Morgan fingerprint density at radius 3 is 2.00 bits per heavy atom. The predicted molar refractivity (Wildman–Crippen MR) is 107 cm³/mol. The lowest BCUT2D eigenvalue weighted by atomic mass is 9.97. The van der Waals surface area contributed by atoms with Crippen LogP contribution in [-0.4, -0.2) is 52.4 Å². The van der Waals surface area contributed by atoms with Gasteiger partial charge in [0.1, 0.15) is 0 Å². The Balaban J connectivity index is 0.00000288. The van der Waals surface area contributed by atoms with Gasteiger partial charge in [0, 0.05) is 32.2 Å². The molecule has 1 aromatic carbocycles. The van der Waals surface area contributed by atoms with Gasteiger partial charge in [0.05, 0.1) is 21.3 Å². The summed E-state index contributed by atoms with van der Waals surface area (Å²) in [4.78, 5) is 2.49. The van der Waals surface area contributed by atoms with Crippen LogP contribution >= 0.6 is 24.8 Å². The molecule has 1 aromatic rings. The number of rotatable bonds is 7. The fourth-order valence-electron chi connectivity index (χ4n) is 3.08. The molecule has 0 radical (unpaired) electrons. The van der Waals surface area contributed by atoms with Gasteiger partial charge in [-0.3, -0.25) is 4.90 Å².